The van der Waals surface area contributed by atoms with Gasteiger partial charge in [0.15, 0.2) is 0 Å². The Bertz CT molecular complexity index is 997. The lowest BCUT2D eigenvalue weighted by atomic mass is 10.0. The third-order valence-corrected chi connectivity index (χ3v) is 5.60. The highest BCUT2D eigenvalue weighted by molar-refractivity contribution is 5.86. The maximum atomic E-state index is 12.1. The van der Waals surface area contributed by atoms with Gasteiger partial charge in [-0.1, -0.05) is 48.5 Å². The molecule has 4 rings (SSSR count). The van der Waals surface area contributed by atoms with Crippen LogP contribution in [0, 0.1) is 0 Å². The number of aryl methyl sites for hydroxylation is 1. The molecule has 2 aromatic carbocycles. The fraction of sp³-hybridized carbons (Fsp3) is 0.360. The fourth-order valence-corrected chi connectivity index (χ4v) is 3.73. The number of aromatic nitrogens is 1. The van der Waals surface area contributed by atoms with Crippen LogP contribution in [0.5, 0.6) is 0 Å². The molecule has 1 saturated heterocycles. The molecular formula is C25H32N4O3. The first-order chi connectivity index (χ1) is 15.5. The van der Waals surface area contributed by atoms with E-state index in [-0.39, 0.29) is 18.7 Å². The molecule has 1 aliphatic rings. The van der Waals surface area contributed by atoms with Crippen LogP contribution in [0.15, 0.2) is 60.8 Å². The number of piperidine rings is 1. The summed E-state index contributed by atoms with van der Waals surface area (Å²) in [4.78, 5) is 26.8. The molecule has 0 spiro atoms. The summed E-state index contributed by atoms with van der Waals surface area (Å²) in [6.07, 6.45) is 5.21. The number of para-hydroxylation sites is 1. The van der Waals surface area contributed by atoms with Crippen molar-refractivity contribution in [3.05, 3.63) is 71.9 Å². The van der Waals surface area contributed by atoms with E-state index in [9.17, 15) is 14.7 Å². The SMILES string of the molecule is NC1CCNCC1.O=C(CCc1ccccc1)NC(Cc1c[nH]c2ccccc12)C(=O)O. The van der Waals surface area contributed by atoms with Crippen LogP contribution in [-0.2, 0) is 22.4 Å². The van der Waals surface area contributed by atoms with Crippen molar-refractivity contribution in [1.82, 2.24) is 15.6 Å². The van der Waals surface area contributed by atoms with E-state index in [1.54, 1.807) is 6.20 Å². The molecule has 0 aliphatic carbocycles. The Morgan fingerprint density at radius 3 is 2.41 bits per heavy atom. The number of hydrogen-bond donors (Lipinski definition) is 5. The third-order valence-electron chi connectivity index (χ3n) is 5.60. The third kappa shape index (κ3) is 7.21. The number of carbonyl (C=O) groups is 2. The molecular weight excluding hydrogens is 404 g/mol. The molecule has 2 heterocycles. The van der Waals surface area contributed by atoms with E-state index in [1.165, 1.54) is 0 Å². The van der Waals surface area contributed by atoms with Crippen molar-refractivity contribution < 1.29 is 14.7 Å². The van der Waals surface area contributed by atoms with Crippen molar-refractivity contribution in [1.29, 1.82) is 0 Å². The van der Waals surface area contributed by atoms with Crippen LogP contribution < -0.4 is 16.4 Å². The summed E-state index contributed by atoms with van der Waals surface area (Å²) in [5.41, 5.74) is 8.49. The predicted molar refractivity (Wildman–Crippen MR) is 126 cm³/mol. The van der Waals surface area contributed by atoms with Crippen LogP contribution in [0.25, 0.3) is 10.9 Å². The number of aromatic amines is 1. The number of nitrogens with two attached hydrogens (primary N) is 1. The van der Waals surface area contributed by atoms with E-state index in [2.05, 4.69) is 15.6 Å². The van der Waals surface area contributed by atoms with Crippen molar-refractivity contribution in [3.63, 3.8) is 0 Å². The molecule has 6 N–H and O–H groups in total. The van der Waals surface area contributed by atoms with E-state index in [1.807, 2.05) is 54.6 Å². The molecule has 1 atom stereocenters. The Kier molecular flexibility index (Phi) is 8.83. The molecule has 32 heavy (non-hydrogen) atoms. The second-order valence-corrected chi connectivity index (χ2v) is 8.09. The summed E-state index contributed by atoms with van der Waals surface area (Å²) >= 11 is 0. The Balaban J connectivity index is 0.000000352. The van der Waals surface area contributed by atoms with Gasteiger partial charge in [-0.05, 0) is 49.5 Å². The van der Waals surface area contributed by atoms with Crippen LogP contribution >= 0.6 is 0 Å². The molecule has 3 aromatic rings. The zero-order valence-electron chi connectivity index (χ0n) is 18.2. The predicted octanol–water partition coefficient (Wildman–Crippen LogP) is 2.61. The first-order valence-electron chi connectivity index (χ1n) is 11.1. The van der Waals surface area contributed by atoms with Gasteiger partial charge in [-0.25, -0.2) is 4.79 Å². The van der Waals surface area contributed by atoms with E-state index in [0.717, 1.165) is 48.0 Å². The van der Waals surface area contributed by atoms with Crippen molar-refractivity contribution in [2.45, 2.75) is 44.2 Å². The van der Waals surface area contributed by atoms with Gasteiger partial charge in [-0.3, -0.25) is 4.79 Å². The van der Waals surface area contributed by atoms with Crippen molar-refractivity contribution >= 4 is 22.8 Å². The highest BCUT2D eigenvalue weighted by atomic mass is 16.4. The number of benzene rings is 2. The van der Waals surface area contributed by atoms with Crippen LogP contribution in [-0.4, -0.2) is 47.1 Å². The fourth-order valence-electron chi connectivity index (χ4n) is 3.73. The minimum atomic E-state index is -1.03. The number of rotatable bonds is 7. The Labute approximate surface area is 188 Å². The number of fused-ring (bicyclic) bond motifs is 1. The summed E-state index contributed by atoms with van der Waals surface area (Å²) in [5, 5.41) is 16.3. The van der Waals surface area contributed by atoms with Crippen LogP contribution in [0.3, 0.4) is 0 Å². The normalized spacial score (nSPS) is 14.9. The maximum absolute atomic E-state index is 12.1. The summed E-state index contributed by atoms with van der Waals surface area (Å²) < 4.78 is 0. The first-order valence-corrected chi connectivity index (χ1v) is 11.1. The molecule has 1 fully saturated rings. The number of hydrogen-bond acceptors (Lipinski definition) is 4. The van der Waals surface area contributed by atoms with Gasteiger partial charge in [0.1, 0.15) is 6.04 Å². The lowest BCUT2D eigenvalue weighted by Gasteiger charge is -2.17. The van der Waals surface area contributed by atoms with Crippen LogP contribution in [0.4, 0.5) is 0 Å². The molecule has 1 aliphatic heterocycles. The molecule has 1 amide bonds. The number of H-pyrrole nitrogens is 1. The minimum absolute atomic E-state index is 0.246. The Morgan fingerprint density at radius 2 is 1.75 bits per heavy atom. The highest BCUT2D eigenvalue weighted by Gasteiger charge is 2.21. The van der Waals surface area contributed by atoms with Crippen LogP contribution in [0.1, 0.15) is 30.4 Å². The molecule has 170 valence electrons. The molecule has 7 nitrogen and oxygen atoms in total. The van der Waals surface area contributed by atoms with Gasteiger partial charge < -0.3 is 26.5 Å². The number of nitrogens with one attached hydrogen (secondary N) is 3. The molecule has 0 radical (unpaired) electrons. The molecule has 0 bridgehead atoms. The topological polar surface area (TPSA) is 120 Å². The van der Waals surface area contributed by atoms with Crippen molar-refractivity contribution in [3.8, 4) is 0 Å². The molecule has 7 heteroatoms. The van der Waals surface area contributed by atoms with Gasteiger partial charge in [0.2, 0.25) is 5.91 Å². The van der Waals surface area contributed by atoms with Gasteiger partial charge in [0.05, 0.1) is 0 Å². The van der Waals surface area contributed by atoms with Gasteiger partial charge in [-0.2, -0.15) is 0 Å². The number of carboxylic acids is 1. The quantitative estimate of drug-likeness (QED) is 0.390. The average Bonchev–Trinajstić information content (AvgIpc) is 3.22. The lowest BCUT2D eigenvalue weighted by molar-refractivity contribution is -0.141. The first kappa shape index (κ1) is 23.5. The van der Waals surface area contributed by atoms with Gasteiger partial charge in [0, 0.05) is 36.0 Å². The van der Waals surface area contributed by atoms with Crippen molar-refractivity contribution in [2.24, 2.45) is 5.73 Å². The average molecular weight is 437 g/mol. The smallest absolute Gasteiger partial charge is 0.326 e. The zero-order valence-corrected chi connectivity index (χ0v) is 18.2. The standard InChI is InChI=1S/C20H20N2O3.C5H12N2/c23-19(11-10-14-6-2-1-3-7-14)22-18(20(24)25)12-15-13-21-17-9-5-4-8-16(15)17;6-5-1-3-7-4-2-5/h1-9,13,18,21H,10-12H2,(H,22,23)(H,24,25);5,7H,1-4,6H2. The summed E-state index contributed by atoms with van der Waals surface area (Å²) in [7, 11) is 0. The van der Waals surface area contributed by atoms with Crippen molar-refractivity contribution in [2.75, 3.05) is 13.1 Å². The largest absolute Gasteiger partial charge is 0.480 e. The van der Waals surface area contributed by atoms with E-state index in [4.69, 9.17) is 5.73 Å². The number of carboxylic acid groups (broad SMARTS) is 1. The maximum Gasteiger partial charge on any atom is 0.326 e. The van der Waals surface area contributed by atoms with Gasteiger partial charge >= 0.3 is 5.97 Å². The van der Waals surface area contributed by atoms with E-state index < -0.39 is 12.0 Å². The second-order valence-electron chi connectivity index (χ2n) is 8.09. The van der Waals surface area contributed by atoms with Crippen LogP contribution in [0.2, 0.25) is 0 Å². The summed E-state index contributed by atoms with van der Waals surface area (Å²) in [6, 6.07) is 16.9. The molecule has 1 aromatic heterocycles. The number of aliphatic carboxylic acids is 1. The summed E-state index contributed by atoms with van der Waals surface area (Å²) in [5.74, 6) is -1.28. The lowest BCUT2D eigenvalue weighted by Crippen LogP contribution is -2.42. The zero-order chi connectivity index (χ0) is 22.8. The Morgan fingerprint density at radius 1 is 1.06 bits per heavy atom. The van der Waals surface area contributed by atoms with E-state index >= 15 is 0 Å². The van der Waals surface area contributed by atoms with E-state index in [0.29, 0.717) is 12.5 Å². The molecule has 0 saturated carbocycles. The highest BCUT2D eigenvalue weighted by Crippen LogP contribution is 2.19. The van der Waals surface area contributed by atoms with Gasteiger partial charge in [0.25, 0.3) is 0 Å². The number of carbonyl (C=O) groups excluding carboxylic acids is 1. The minimum Gasteiger partial charge on any atom is -0.480 e. The number of amides is 1. The summed E-state index contributed by atoms with van der Waals surface area (Å²) in [6.45, 7) is 2.22. The monoisotopic (exact) mass is 436 g/mol. The van der Waals surface area contributed by atoms with Gasteiger partial charge in [-0.15, -0.1) is 0 Å². The Hall–Kier alpha value is -3.16. The second kappa shape index (κ2) is 12.0. The molecule has 1 unspecified atom stereocenters.